The van der Waals surface area contributed by atoms with E-state index in [1.807, 2.05) is 12.1 Å². The first-order chi connectivity index (χ1) is 17.9. The van der Waals surface area contributed by atoms with Crippen LogP contribution >= 0.6 is 0 Å². The van der Waals surface area contributed by atoms with Gasteiger partial charge < -0.3 is 54.3 Å². The molecule has 1 saturated heterocycles. The van der Waals surface area contributed by atoms with Gasteiger partial charge in [-0.2, -0.15) is 0 Å². The largest absolute Gasteiger partial charge is 0.493 e. The van der Waals surface area contributed by atoms with E-state index in [4.69, 9.17) is 23.7 Å². The van der Waals surface area contributed by atoms with Crippen molar-refractivity contribution in [3.05, 3.63) is 47.0 Å². The van der Waals surface area contributed by atoms with Gasteiger partial charge in [-0.1, -0.05) is 12.1 Å². The quantitative estimate of drug-likeness (QED) is 0.249. The van der Waals surface area contributed by atoms with Crippen LogP contribution in [-0.4, -0.2) is 95.4 Å². The van der Waals surface area contributed by atoms with Crippen molar-refractivity contribution in [1.82, 2.24) is 0 Å². The van der Waals surface area contributed by atoms with E-state index in [9.17, 15) is 30.6 Å². The number of fused-ring (bicyclic) bond motifs is 1. The van der Waals surface area contributed by atoms with Crippen LogP contribution in [0.4, 0.5) is 0 Å². The molecule has 37 heavy (non-hydrogen) atoms. The molecule has 2 heterocycles. The molecule has 0 spiro atoms. The standard InChI is InChI=1S/C26H34O11/c1-33-17-6-5-14(10-18(17)35-26-23(32)22(31)21(30)20(12-29)36-26)24-16(11-28)15-8-13(4-3-7-27)9-19(34-2)25(15)37-24/h5-6,8-10,16,20-24,26-32H,3-4,7,11-12H2,1-2H3/t16-,20+,21-,22-,23-,24+,26+/m1/s1. The van der Waals surface area contributed by atoms with Crippen molar-refractivity contribution < 1.29 is 54.3 Å². The Bertz CT molecular complexity index is 1060. The van der Waals surface area contributed by atoms with Crippen molar-refractivity contribution in [3.8, 4) is 23.0 Å². The van der Waals surface area contributed by atoms with Gasteiger partial charge in [0, 0.05) is 12.2 Å². The van der Waals surface area contributed by atoms with Gasteiger partial charge in [0.25, 0.3) is 0 Å². The third-order valence-corrected chi connectivity index (χ3v) is 6.80. The fraction of sp³-hybridized carbons (Fsp3) is 0.538. The maximum absolute atomic E-state index is 10.4. The van der Waals surface area contributed by atoms with E-state index in [2.05, 4.69) is 0 Å². The Hall–Kier alpha value is -2.64. The fourth-order valence-corrected chi connectivity index (χ4v) is 4.78. The fourth-order valence-electron chi connectivity index (χ4n) is 4.78. The molecule has 2 aliphatic heterocycles. The zero-order valence-corrected chi connectivity index (χ0v) is 20.7. The summed E-state index contributed by atoms with van der Waals surface area (Å²) in [6.45, 7) is -0.735. The maximum atomic E-state index is 10.4. The number of hydrogen-bond donors (Lipinski definition) is 6. The molecule has 204 valence electrons. The molecule has 4 rings (SSSR count). The summed E-state index contributed by atoms with van der Waals surface area (Å²) >= 11 is 0. The van der Waals surface area contributed by atoms with Gasteiger partial charge >= 0.3 is 0 Å². The number of methoxy groups -OCH3 is 2. The molecule has 7 atom stereocenters. The van der Waals surface area contributed by atoms with Gasteiger partial charge in [-0.3, -0.25) is 0 Å². The predicted octanol–water partition coefficient (Wildman–Crippen LogP) is 0.0170. The third-order valence-electron chi connectivity index (χ3n) is 6.80. The molecule has 0 unspecified atom stereocenters. The van der Waals surface area contributed by atoms with Gasteiger partial charge in [-0.25, -0.2) is 0 Å². The summed E-state index contributed by atoms with van der Waals surface area (Å²) in [7, 11) is 2.97. The van der Waals surface area contributed by atoms with Crippen molar-refractivity contribution in [2.24, 2.45) is 0 Å². The molecule has 0 amide bonds. The molecule has 11 heteroatoms. The SMILES string of the molecule is COc1ccc([C@@H]2Oc3c(OC)cc(CCCO)cc3[C@H]2CO)cc1O[C@H]1O[C@@H](CO)[C@@H](O)[C@@H](O)[C@H]1O. The number of ether oxygens (including phenoxy) is 5. The third kappa shape index (κ3) is 5.34. The highest BCUT2D eigenvalue weighted by molar-refractivity contribution is 5.56. The Labute approximate surface area is 214 Å². The van der Waals surface area contributed by atoms with Gasteiger partial charge in [-0.05, 0) is 42.2 Å². The van der Waals surface area contributed by atoms with Crippen molar-refractivity contribution in [1.29, 1.82) is 0 Å². The van der Waals surface area contributed by atoms with Crippen LogP contribution in [0.3, 0.4) is 0 Å². The summed E-state index contributed by atoms with van der Waals surface area (Å²) in [4.78, 5) is 0. The van der Waals surface area contributed by atoms with Crippen LogP contribution in [0, 0.1) is 0 Å². The lowest BCUT2D eigenvalue weighted by atomic mass is 9.90. The summed E-state index contributed by atoms with van der Waals surface area (Å²) < 4.78 is 28.5. The van der Waals surface area contributed by atoms with Gasteiger partial charge in [0.15, 0.2) is 23.0 Å². The minimum atomic E-state index is -1.59. The molecule has 2 aromatic rings. The highest BCUT2D eigenvalue weighted by Crippen LogP contribution is 2.51. The van der Waals surface area contributed by atoms with Gasteiger partial charge in [0.2, 0.25) is 6.29 Å². The first-order valence-corrected chi connectivity index (χ1v) is 12.1. The first kappa shape index (κ1) is 27.4. The van der Waals surface area contributed by atoms with Crippen LogP contribution in [0.1, 0.15) is 35.1 Å². The van der Waals surface area contributed by atoms with E-state index in [1.54, 1.807) is 18.2 Å². The second-order valence-corrected chi connectivity index (χ2v) is 9.10. The molecule has 0 aliphatic carbocycles. The molecular weight excluding hydrogens is 488 g/mol. The van der Waals surface area contributed by atoms with E-state index in [-0.39, 0.29) is 19.0 Å². The van der Waals surface area contributed by atoms with Crippen LogP contribution in [0.5, 0.6) is 23.0 Å². The minimum absolute atomic E-state index is 0.0605. The highest BCUT2D eigenvalue weighted by atomic mass is 16.7. The molecule has 0 bridgehead atoms. The van der Waals surface area contributed by atoms with Gasteiger partial charge in [0.1, 0.15) is 30.5 Å². The molecule has 0 aromatic heterocycles. The van der Waals surface area contributed by atoms with Crippen LogP contribution in [-0.2, 0) is 11.2 Å². The van der Waals surface area contributed by atoms with Crippen molar-refractivity contribution in [2.45, 2.75) is 55.6 Å². The van der Waals surface area contributed by atoms with E-state index in [1.165, 1.54) is 14.2 Å². The van der Waals surface area contributed by atoms with E-state index in [0.717, 1.165) is 11.1 Å². The maximum Gasteiger partial charge on any atom is 0.229 e. The van der Waals surface area contributed by atoms with Crippen LogP contribution < -0.4 is 18.9 Å². The number of aliphatic hydroxyl groups excluding tert-OH is 6. The molecule has 11 nitrogen and oxygen atoms in total. The lowest BCUT2D eigenvalue weighted by Crippen LogP contribution is -2.60. The topological polar surface area (TPSA) is 168 Å². The van der Waals surface area contributed by atoms with Crippen LogP contribution in [0.25, 0.3) is 0 Å². The first-order valence-electron chi connectivity index (χ1n) is 12.1. The minimum Gasteiger partial charge on any atom is -0.493 e. The van der Waals surface area contributed by atoms with Crippen LogP contribution in [0.2, 0.25) is 0 Å². The summed E-state index contributed by atoms with van der Waals surface area (Å²) in [5.74, 6) is 1.09. The van der Waals surface area contributed by atoms with Crippen molar-refractivity contribution in [3.63, 3.8) is 0 Å². The zero-order valence-electron chi connectivity index (χ0n) is 20.7. The van der Waals surface area contributed by atoms with E-state index < -0.39 is 49.3 Å². The molecular formula is C26H34O11. The van der Waals surface area contributed by atoms with Gasteiger partial charge in [-0.15, -0.1) is 0 Å². The smallest absolute Gasteiger partial charge is 0.229 e. The number of aliphatic hydroxyl groups is 6. The second-order valence-electron chi connectivity index (χ2n) is 9.10. The molecule has 1 fully saturated rings. The molecule has 0 saturated carbocycles. The highest BCUT2D eigenvalue weighted by Gasteiger charge is 2.45. The lowest BCUT2D eigenvalue weighted by molar-refractivity contribution is -0.277. The zero-order chi connectivity index (χ0) is 26.7. The Morgan fingerprint density at radius 3 is 2.24 bits per heavy atom. The number of benzene rings is 2. The molecule has 6 N–H and O–H groups in total. The van der Waals surface area contributed by atoms with Gasteiger partial charge in [0.05, 0.1) is 33.4 Å². The Balaban J connectivity index is 1.64. The lowest BCUT2D eigenvalue weighted by Gasteiger charge is -2.39. The summed E-state index contributed by atoms with van der Waals surface area (Å²) in [5, 5.41) is 59.6. The summed E-state index contributed by atoms with van der Waals surface area (Å²) in [6.07, 6.45) is -6.60. The molecule has 2 aliphatic rings. The van der Waals surface area contributed by atoms with E-state index in [0.29, 0.717) is 35.7 Å². The predicted molar refractivity (Wildman–Crippen MR) is 129 cm³/mol. The molecule has 2 aromatic carbocycles. The summed E-state index contributed by atoms with van der Waals surface area (Å²) in [6, 6.07) is 8.83. The number of hydrogen-bond acceptors (Lipinski definition) is 11. The van der Waals surface area contributed by atoms with Crippen molar-refractivity contribution in [2.75, 3.05) is 34.0 Å². The van der Waals surface area contributed by atoms with Crippen molar-refractivity contribution >= 4 is 0 Å². The monoisotopic (exact) mass is 522 g/mol. The van der Waals surface area contributed by atoms with E-state index >= 15 is 0 Å². The van der Waals surface area contributed by atoms with Crippen LogP contribution in [0.15, 0.2) is 30.3 Å². The number of aryl methyl sites for hydroxylation is 1. The normalized spacial score (nSPS) is 28.9. The average Bonchev–Trinajstić information content (AvgIpc) is 3.30. The Morgan fingerprint density at radius 1 is 0.838 bits per heavy atom. The Morgan fingerprint density at radius 2 is 1.59 bits per heavy atom. The second kappa shape index (κ2) is 11.8. The Kier molecular flexibility index (Phi) is 8.75. The average molecular weight is 523 g/mol. The summed E-state index contributed by atoms with van der Waals surface area (Å²) in [5.41, 5.74) is 2.37. The number of rotatable bonds is 10. The molecule has 0 radical (unpaired) electrons.